The third-order valence-electron chi connectivity index (χ3n) is 2.50. The quantitative estimate of drug-likeness (QED) is 0.467. The number of nitrogens with zero attached hydrogens (tertiary/aromatic N) is 1. The van der Waals surface area contributed by atoms with Crippen LogP contribution in [0.5, 0.6) is 0 Å². The van der Waals surface area contributed by atoms with Crippen LogP contribution < -0.4 is 5.32 Å². The first-order valence-corrected chi connectivity index (χ1v) is 5.77. The number of rotatable bonds is 5. The molecule has 4 heteroatoms. The molecule has 0 bridgehead atoms. The van der Waals surface area contributed by atoms with Gasteiger partial charge in [-0.1, -0.05) is 36.7 Å². The van der Waals surface area contributed by atoms with Gasteiger partial charge < -0.3 is 10.5 Å². The summed E-state index contributed by atoms with van der Waals surface area (Å²) in [6.07, 6.45) is 2.38. The van der Waals surface area contributed by atoms with E-state index in [9.17, 15) is 4.79 Å². The van der Waals surface area contributed by atoms with Crippen LogP contribution in [0.15, 0.2) is 29.4 Å². The van der Waals surface area contributed by atoms with Crippen molar-refractivity contribution < 1.29 is 10.0 Å². The second-order valence-electron chi connectivity index (χ2n) is 3.88. The second-order valence-corrected chi connectivity index (χ2v) is 3.88. The Balaban J connectivity index is 2.80. The number of hydrogen-bond acceptors (Lipinski definition) is 3. The van der Waals surface area contributed by atoms with Gasteiger partial charge in [0.1, 0.15) is 0 Å². The molecule has 0 aliphatic heterocycles. The monoisotopic (exact) mass is 234 g/mol. The van der Waals surface area contributed by atoms with E-state index < -0.39 is 0 Å². The molecule has 0 radical (unpaired) electrons. The van der Waals surface area contributed by atoms with Crippen molar-refractivity contribution in [1.82, 2.24) is 0 Å². The minimum Gasteiger partial charge on any atom is -0.411 e. The van der Waals surface area contributed by atoms with Gasteiger partial charge >= 0.3 is 0 Å². The number of hydrogen-bond donors (Lipinski definition) is 2. The lowest BCUT2D eigenvalue weighted by Crippen LogP contribution is -2.13. The molecule has 0 unspecified atom stereocenters. The Labute approximate surface area is 101 Å². The molecule has 2 N–H and O–H groups in total. The lowest BCUT2D eigenvalue weighted by Gasteiger charge is -2.09. The molecule has 0 aliphatic rings. The van der Waals surface area contributed by atoms with Crippen LogP contribution >= 0.6 is 0 Å². The van der Waals surface area contributed by atoms with E-state index in [1.165, 1.54) is 0 Å². The van der Waals surface area contributed by atoms with E-state index in [1.807, 2.05) is 25.1 Å². The van der Waals surface area contributed by atoms with E-state index in [2.05, 4.69) is 10.5 Å². The fourth-order valence-corrected chi connectivity index (χ4v) is 1.51. The lowest BCUT2D eigenvalue weighted by molar-refractivity contribution is -0.116. The number of oxime groups is 1. The number of unbranched alkanes of at least 4 members (excludes halogenated alkanes) is 1. The van der Waals surface area contributed by atoms with Crippen molar-refractivity contribution in [3.8, 4) is 0 Å². The van der Waals surface area contributed by atoms with E-state index in [0.29, 0.717) is 17.8 Å². The van der Waals surface area contributed by atoms with Gasteiger partial charge in [-0.2, -0.15) is 0 Å². The Morgan fingerprint density at radius 3 is 2.76 bits per heavy atom. The minimum absolute atomic E-state index is 0.00922. The van der Waals surface area contributed by atoms with Crippen LogP contribution in [0, 0.1) is 0 Å². The summed E-state index contributed by atoms with van der Waals surface area (Å²) in [5.41, 5.74) is 1.90. The van der Waals surface area contributed by atoms with Crippen molar-refractivity contribution in [2.75, 3.05) is 5.32 Å². The van der Waals surface area contributed by atoms with Gasteiger partial charge in [0.15, 0.2) is 0 Å². The van der Waals surface area contributed by atoms with Crippen LogP contribution in [-0.2, 0) is 4.79 Å². The molecule has 0 saturated carbocycles. The normalized spacial score (nSPS) is 11.3. The molecule has 0 saturated heterocycles. The molecule has 1 aromatic carbocycles. The van der Waals surface area contributed by atoms with Crippen molar-refractivity contribution in [2.24, 2.45) is 5.16 Å². The zero-order valence-corrected chi connectivity index (χ0v) is 10.2. The number of para-hydroxylation sites is 1. The molecule has 1 aromatic rings. The molecule has 92 valence electrons. The molecule has 0 aliphatic carbocycles. The van der Waals surface area contributed by atoms with E-state index in [0.717, 1.165) is 18.4 Å². The molecule has 0 aromatic heterocycles. The predicted molar refractivity (Wildman–Crippen MR) is 68.6 cm³/mol. The highest BCUT2D eigenvalue weighted by Gasteiger charge is 2.08. The summed E-state index contributed by atoms with van der Waals surface area (Å²) in [5, 5.41) is 14.7. The smallest absolute Gasteiger partial charge is 0.224 e. The largest absolute Gasteiger partial charge is 0.411 e. The summed E-state index contributed by atoms with van der Waals surface area (Å²) >= 11 is 0. The number of amides is 1. The Kier molecular flexibility index (Phi) is 5.20. The number of benzene rings is 1. The van der Waals surface area contributed by atoms with E-state index in [1.54, 1.807) is 13.0 Å². The van der Waals surface area contributed by atoms with Crippen LogP contribution in [-0.4, -0.2) is 16.8 Å². The van der Waals surface area contributed by atoms with Crippen LogP contribution in [0.3, 0.4) is 0 Å². The zero-order chi connectivity index (χ0) is 12.7. The fraction of sp³-hybridized carbons (Fsp3) is 0.385. The molecule has 0 heterocycles. The van der Waals surface area contributed by atoms with Crippen molar-refractivity contribution >= 4 is 17.3 Å². The molecule has 0 atom stereocenters. The first kappa shape index (κ1) is 13.2. The number of anilines is 1. The molecule has 1 amide bonds. The highest BCUT2D eigenvalue weighted by molar-refractivity contribution is 6.06. The fourth-order valence-electron chi connectivity index (χ4n) is 1.51. The average molecular weight is 234 g/mol. The highest BCUT2D eigenvalue weighted by atomic mass is 16.4. The van der Waals surface area contributed by atoms with Crippen LogP contribution in [0.1, 0.15) is 38.7 Å². The minimum atomic E-state index is -0.00922. The average Bonchev–Trinajstić information content (AvgIpc) is 2.36. The van der Waals surface area contributed by atoms with Crippen LogP contribution in [0.25, 0.3) is 0 Å². The standard InChI is InChI=1S/C13H18N2O2/c1-3-4-9-13(16)14-12-8-6-5-7-11(12)10(2)15-17/h5-8,17H,3-4,9H2,1-2H3,(H,14,16)/b15-10+. The van der Waals surface area contributed by atoms with Crippen LogP contribution in [0.2, 0.25) is 0 Å². The molecular weight excluding hydrogens is 216 g/mol. The van der Waals surface area contributed by atoms with Gasteiger partial charge in [0.2, 0.25) is 5.91 Å². The van der Waals surface area contributed by atoms with Gasteiger partial charge in [-0.05, 0) is 19.4 Å². The summed E-state index contributed by atoms with van der Waals surface area (Å²) < 4.78 is 0. The summed E-state index contributed by atoms with van der Waals surface area (Å²) in [6, 6.07) is 7.29. The number of nitrogens with one attached hydrogen (secondary N) is 1. The molecule has 0 spiro atoms. The van der Waals surface area contributed by atoms with Crippen LogP contribution in [0.4, 0.5) is 5.69 Å². The second kappa shape index (κ2) is 6.68. The summed E-state index contributed by atoms with van der Waals surface area (Å²) in [7, 11) is 0. The van der Waals surface area contributed by atoms with E-state index >= 15 is 0 Å². The maximum atomic E-state index is 11.6. The van der Waals surface area contributed by atoms with E-state index in [-0.39, 0.29) is 5.91 Å². The molecule has 4 nitrogen and oxygen atoms in total. The summed E-state index contributed by atoms with van der Waals surface area (Å²) in [4.78, 5) is 11.6. The SMILES string of the molecule is CCCCC(=O)Nc1ccccc1/C(C)=N/O. The van der Waals surface area contributed by atoms with Crippen molar-refractivity contribution in [2.45, 2.75) is 33.1 Å². The Morgan fingerprint density at radius 1 is 1.41 bits per heavy atom. The van der Waals surface area contributed by atoms with Gasteiger partial charge in [0.05, 0.1) is 5.71 Å². The number of carbonyl (C=O) groups excluding carboxylic acids is 1. The highest BCUT2D eigenvalue weighted by Crippen LogP contribution is 2.16. The molecule has 1 rings (SSSR count). The maximum absolute atomic E-state index is 11.6. The Hall–Kier alpha value is -1.84. The van der Waals surface area contributed by atoms with Gasteiger partial charge in [0.25, 0.3) is 0 Å². The summed E-state index contributed by atoms with van der Waals surface area (Å²) in [6.45, 7) is 3.74. The first-order chi connectivity index (χ1) is 8.19. The van der Waals surface area contributed by atoms with Gasteiger partial charge in [-0.25, -0.2) is 0 Å². The number of carbonyl (C=O) groups is 1. The third kappa shape index (κ3) is 3.90. The lowest BCUT2D eigenvalue weighted by atomic mass is 10.1. The topological polar surface area (TPSA) is 61.7 Å². The maximum Gasteiger partial charge on any atom is 0.224 e. The van der Waals surface area contributed by atoms with Gasteiger partial charge in [-0.15, -0.1) is 0 Å². The zero-order valence-electron chi connectivity index (χ0n) is 10.2. The molecular formula is C13H18N2O2. The van der Waals surface area contributed by atoms with E-state index in [4.69, 9.17) is 5.21 Å². The van der Waals surface area contributed by atoms with Crippen molar-refractivity contribution in [1.29, 1.82) is 0 Å². The molecule has 17 heavy (non-hydrogen) atoms. The van der Waals surface area contributed by atoms with Gasteiger partial charge in [0, 0.05) is 17.7 Å². The van der Waals surface area contributed by atoms with Crippen molar-refractivity contribution in [3.63, 3.8) is 0 Å². The predicted octanol–water partition coefficient (Wildman–Crippen LogP) is 3.01. The van der Waals surface area contributed by atoms with Gasteiger partial charge in [-0.3, -0.25) is 4.79 Å². The first-order valence-electron chi connectivity index (χ1n) is 5.77. The Bertz CT molecular complexity index is 414. The molecule has 0 fully saturated rings. The summed E-state index contributed by atoms with van der Waals surface area (Å²) in [5.74, 6) is -0.00922. The third-order valence-corrected chi connectivity index (χ3v) is 2.50. The Morgan fingerprint density at radius 2 is 2.12 bits per heavy atom. The van der Waals surface area contributed by atoms with Crippen molar-refractivity contribution in [3.05, 3.63) is 29.8 Å².